The molecule has 0 aliphatic rings. The molecule has 0 nitrogen and oxygen atoms in total. The molecule has 0 aliphatic heterocycles. The van der Waals surface area contributed by atoms with E-state index in [0.717, 1.165) is 5.92 Å². The van der Waals surface area contributed by atoms with E-state index in [4.69, 9.17) is 0 Å². The molecule has 0 aliphatic carbocycles. The van der Waals surface area contributed by atoms with Crippen molar-refractivity contribution in [3.05, 3.63) is 0 Å². The zero-order valence-electron chi connectivity index (χ0n) is 19.5. The lowest BCUT2D eigenvalue weighted by Gasteiger charge is -2.39. The van der Waals surface area contributed by atoms with E-state index in [9.17, 15) is 0 Å². The van der Waals surface area contributed by atoms with Gasteiger partial charge >= 0.3 is 0 Å². The van der Waals surface area contributed by atoms with E-state index in [0.29, 0.717) is 5.41 Å². The predicted octanol–water partition coefficient (Wildman–Crippen LogP) is 10.1. The lowest BCUT2D eigenvalue weighted by molar-refractivity contribution is 0.118. The van der Waals surface area contributed by atoms with Gasteiger partial charge in [0, 0.05) is 0 Å². The van der Waals surface area contributed by atoms with Crippen molar-refractivity contribution in [3.63, 3.8) is 0 Å². The third-order valence-corrected chi connectivity index (χ3v) is 7.38. The third kappa shape index (κ3) is 11.7. The standard InChI is InChI=1S/C26H54/c1-6-11-12-13-14-15-16-17-18-19-20-21-22-23-24-25(7-2)26(8-3,9-4)10-5/h25H,6-24H2,1-5H3. The Bertz CT molecular complexity index is 255. The lowest BCUT2D eigenvalue weighted by atomic mass is 9.66. The van der Waals surface area contributed by atoms with E-state index in [1.165, 1.54) is 122 Å². The van der Waals surface area contributed by atoms with E-state index in [1.54, 1.807) is 0 Å². The molecule has 0 aromatic heterocycles. The summed E-state index contributed by atoms with van der Waals surface area (Å²) in [5.74, 6) is 0.958. The van der Waals surface area contributed by atoms with Gasteiger partial charge in [0.1, 0.15) is 0 Å². The Morgan fingerprint density at radius 2 is 0.808 bits per heavy atom. The van der Waals surface area contributed by atoms with Gasteiger partial charge in [0.05, 0.1) is 0 Å². The lowest BCUT2D eigenvalue weighted by Crippen LogP contribution is -2.28. The van der Waals surface area contributed by atoms with Crippen LogP contribution in [0, 0.1) is 11.3 Å². The number of hydrogen-bond donors (Lipinski definition) is 0. The molecule has 0 bridgehead atoms. The molecular weight excluding hydrogens is 312 g/mol. The minimum absolute atomic E-state index is 0.630. The molecule has 0 heterocycles. The maximum atomic E-state index is 2.42. The van der Waals surface area contributed by atoms with Gasteiger partial charge in [0.15, 0.2) is 0 Å². The summed E-state index contributed by atoms with van der Waals surface area (Å²) in [6.07, 6.45) is 27.5. The zero-order chi connectivity index (χ0) is 19.5. The van der Waals surface area contributed by atoms with Crippen LogP contribution in [0.25, 0.3) is 0 Å². The van der Waals surface area contributed by atoms with Crippen molar-refractivity contribution in [1.29, 1.82) is 0 Å². The van der Waals surface area contributed by atoms with Crippen LogP contribution in [0.4, 0.5) is 0 Å². The van der Waals surface area contributed by atoms with Crippen LogP contribution < -0.4 is 0 Å². The van der Waals surface area contributed by atoms with E-state index >= 15 is 0 Å². The SMILES string of the molecule is CCCCCCCCCCCCCCCCC(CC)C(CC)(CC)CC. The van der Waals surface area contributed by atoms with Gasteiger partial charge in [0.2, 0.25) is 0 Å². The zero-order valence-corrected chi connectivity index (χ0v) is 19.5. The van der Waals surface area contributed by atoms with Crippen molar-refractivity contribution < 1.29 is 0 Å². The number of hydrogen-bond acceptors (Lipinski definition) is 0. The van der Waals surface area contributed by atoms with E-state index < -0.39 is 0 Å². The topological polar surface area (TPSA) is 0 Å². The first-order chi connectivity index (χ1) is 12.7. The molecule has 158 valence electrons. The molecule has 1 atom stereocenters. The summed E-state index contributed by atoms with van der Waals surface area (Å²) in [5.41, 5.74) is 0.630. The highest BCUT2D eigenvalue weighted by molar-refractivity contribution is 4.82. The quantitative estimate of drug-likeness (QED) is 0.188. The van der Waals surface area contributed by atoms with E-state index in [2.05, 4.69) is 34.6 Å². The molecule has 0 saturated carbocycles. The predicted molar refractivity (Wildman–Crippen MR) is 122 cm³/mol. The normalized spacial score (nSPS) is 13.3. The van der Waals surface area contributed by atoms with Crippen molar-refractivity contribution >= 4 is 0 Å². The molecular formula is C26H54. The number of unbranched alkanes of at least 4 members (excludes halogenated alkanes) is 13. The molecule has 0 aromatic carbocycles. The molecule has 0 heteroatoms. The van der Waals surface area contributed by atoms with Gasteiger partial charge in [-0.1, -0.05) is 150 Å². The van der Waals surface area contributed by atoms with Crippen LogP contribution in [0.15, 0.2) is 0 Å². The van der Waals surface area contributed by atoms with Crippen LogP contribution in [-0.4, -0.2) is 0 Å². The highest BCUT2D eigenvalue weighted by Crippen LogP contribution is 2.43. The largest absolute Gasteiger partial charge is 0.0654 e. The summed E-state index contributed by atoms with van der Waals surface area (Å²) < 4.78 is 0. The van der Waals surface area contributed by atoms with Gasteiger partial charge in [-0.15, -0.1) is 0 Å². The molecule has 26 heavy (non-hydrogen) atoms. The molecule has 0 rings (SSSR count). The summed E-state index contributed by atoms with van der Waals surface area (Å²) in [5, 5.41) is 0. The average Bonchev–Trinajstić information content (AvgIpc) is 2.68. The highest BCUT2D eigenvalue weighted by Gasteiger charge is 2.31. The second-order valence-corrected chi connectivity index (χ2v) is 8.91. The Kier molecular flexibility index (Phi) is 18.4. The van der Waals surface area contributed by atoms with Crippen LogP contribution in [0.2, 0.25) is 0 Å². The van der Waals surface area contributed by atoms with Gasteiger partial charge in [-0.05, 0) is 17.8 Å². The smallest absolute Gasteiger partial charge is 0.0277 e. The number of rotatable bonds is 20. The van der Waals surface area contributed by atoms with Crippen LogP contribution in [0.5, 0.6) is 0 Å². The van der Waals surface area contributed by atoms with Crippen LogP contribution in [-0.2, 0) is 0 Å². The summed E-state index contributed by atoms with van der Waals surface area (Å²) in [4.78, 5) is 0. The first-order valence-corrected chi connectivity index (χ1v) is 12.7. The van der Waals surface area contributed by atoms with Crippen molar-refractivity contribution in [2.75, 3.05) is 0 Å². The van der Waals surface area contributed by atoms with E-state index in [-0.39, 0.29) is 0 Å². The maximum Gasteiger partial charge on any atom is -0.0277 e. The minimum Gasteiger partial charge on any atom is -0.0654 e. The molecule has 0 amide bonds. The first-order valence-electron chi connectivity index (χ1n) is 12.7. The second-order valence-electron chi connectivity index (χ2n) is 8.91. The molecule has 0 N–H and O–H groups in total. The van der Waals surface area contributed by atoms with E-state index in [1.807, 2.05) is 0 Å². The van der Waals surface area contributed by atoms with Gasteiger partial charge in [-0.2, -0.15) is 0 Å². The third-order valence-electron chi connectivity index (χ3n) is 7.38. The molecule has 0 spiro atoms. The Morgan fingerprint density at radius 1 is 0.462 bits per heavy atom. The first kappa shape index (κ1) is 26.0. The molecule has 0 saturated heterocycles. The molecule has 0 fully saturated rings. The summed E-state index contributed by atoms with van der Waals surface area (Å²) >= 11 is 0. The average molecular weight is 367 g/mol. The molecule has 0 aromatic rings. The van der Waals surface area contributed by atoms with Gasteiger partial charge in [-0.3, -0.25) is 0 Å². The highest BCUT2D eigenvalue weighted by atomic mass is 14.4. The summed E-state index contributed by atoms with van der Waals surface area (Å²) in [6.45, 7) is 12.0. The van der Waals surface area contributed by atoms with Crippen LogP contribution in [0.1, 0.15) is 157 Å². The van der Waals surface area contributed by atoms with Crippen molar-refractivity contribution in [1.82, 2.24) is 0 Å². The fourth-order valence-corrected chi connectivity index (χ4v) is 5.14. The van der Waals surface area contributed by atoms with Crippen molar-refractivity contribution in [2.24, 2.45) is 11.3 Å². The molecule has 1 unspecified atom stereocenters. The second kappa shape index (κ2) is 18.4. The minimum atomic E-state index is 0.630. The molecule has 0 radical (unpaired) electrons. The fourth-order valence-electron chi connectivity index (χ4n) is 5.14. The van der Waals surface area contributed by atoms with Crippen molar-refractivity contribution in [3.8, 4) is 0 Å². The van der Waals surface area contributed by atoms with Crippen LogP contribution in [0.3, 0.4) is 0 Å². The van der Waals surface area contributed by atoms with Crippen LogP contribution >= 0.6 is 0 Å². The van der Waals surface area contributed by atoms with Gasteiger partial charge < -0.3 is 0 Å². The van der Waals surface area contributed by atoms with Gasteiger partial charge in [-0.25, -0.2) is 0 Å². The Labute approximate surface area is 168 Å². The fraction of sp³-hybridized carbons (Fsp3) is 1.00. The van der Waals surface area contributed by atoms with Crippen molar-refractivity contribution in [2.45, 2.75) is 157 Å². The maximum absolute atomic E-state index is 2.42. The van der Waals surface area contributed by atoms with Gasteiger partial charge in [0.25, 0.3) is 0 Å². The summed E-state index contributed by atoms with van der Waals surface area (Å²) in [6, 6.07) is 0. The Balaban J connectivity index is 3.52. The monoisotopic (exact) mass is 366 g/mol. The summed E-state index contributed by atoms with van der Waals surface area (Å²) in [7, 11) is 0. The Hall–Kier alpha value is 0. The Morgan fingerprint density at radius 3 is 1.12 bits per heavy atom.